The maximum atomic E-state index is 11.7. The van der Waals surface area contributed by atoms with Gasteiger partial charge in [-0.3, -0.25) is 5.43 Å². The molecule has 1 aromatic rings. The number of benzene rings is 1. The fourth-order valence-corrected chi connectivity index (χ4v) is 1.63. The lowest BCUT2D eigenvalue weighted by atomic mass is 10.1. The highest BCUT2D eigenvalue weighted by atomic mass is 16.6. The van der Waals surface area contributed by atoms with Crippen LogP contribution >= 0.6 is 0 Å². The average molecular weight is 292 g/mol. The van der Waals surface area contributed by atoms with Crippen molar-refractivity contribution in [2.45, 2.75) is 27.2 Å². The Balaban J connectivity index is 2.97. The number of anilines is 1. The third-order valence-electron chi connectivity index (χ3n) is 2.62. The van der Waals surface area contributed by atoms with Crippen molar-refractivity contribution in [1.82, 2.24) is 0 Å². The van der Waals surface area contributed by atoms with Gasteiger partial charge in [-0.2, -0.15) is 5.10 Å². The topological polar surface area (TPSA) is 77.0 Å². The fourth-order valence-electron chi connectivity index (χ4n) is 1.63. The second-order valence-corrected chi connectivity index (χ2v) is 4.02. The van der Waals surface area contributed by atoms with E-state index in [1.807, 2.05) is 31.2 Å². The van der Waals surface area contributed by atoms with E-state index in [9.17, 15) is 9.59 Å². The minimum absolute atomic E-state index is 0.156. The third-order valence-corrected chi connectivity index (χ3v) is 2.62. The van der Waals surface area contributed by atoms with E-state index in [1.54, 1.807) is 13.8 Å². The standard InChI is InChI=1S/C15H20N2O4/c1-4-11-9-7-8-10-12(11)16-17-13(14(18)20-5-2)15(19)21-6-3/h7-10,16H,4-6H2,1-3H3. The van der Waals surface area contributed by atoms with Gasteiger partial charge < -0.3 is 9.47 Å². The lowest BCUT2D eigenvalue weighted by Gasteiger charge is -2.09. The Kier molecular flexibility index (Phi) is 6.94. The average Bonchev–Trinajstić information content (AvgIpc) is 2.48. The van der Waals surface area contributed by atoms with Crippen molar-refractivity contribution in [3.05, 3.63) is 29.8 Å². The summed E-state index contributed by atoms with van der Waals surface area (Å²) in [6, 6.07) is 7.50. The zero-order chi connectivity index (χ0) is 15.7. The summed E-state index contributed by atoms with van der Waals surface area (Å²) < 4.78 is 9.61. The molecule has 0 fully saturated rings. The molecule has 0 saturated carbocycles. The van der Waals surface area contributed by atoms with E-state index >= 15 is 0 Å². The van der Waals surface area contributed by atoms with E-state index in [-0.39, 0.29) is 13.2 Å². The summed E-state index contributed by atoms with van der Waals surface area (Å²) in [5.41, 5.74) is 4.08. The highest BCUT2D eigenvalue weighted by molar-refractivity contribution is 6.62. The number of nitrogens with zero attached hydrogens (tertiary/aromatic N) is 1. The van der Waals surface area contributed by atoms with E-state index in [0.717, 1.165) is 17.7 Å². The van der Waals surface area contributed by atoms with Gasteiger partial charge in [0.15, 0.2) is 0 Å². The Labute approximate surface area is 124 Å². The lowest BCUT2D eigenvalue weighted by molar-refractivity contribution is -0.140. The number of aryl methyl sites for hydroxylation is 1. The molecule has 0 unspecified atom stereocenters. The number of nitrogens with one attached hydrogen (secondary N) is 1. The van der Waals surface area contributed by atoms with Crippen molar-refractivity contribution in [1.29, 1.82) is 0 Å². The summed E-state index contributed by atoms with van der Waals surface area (Å²) >= 11 is 0. The van der Waals surface area contributed by atoms with Gasteiger partial charge in [0, 0.05) is 0 Å². The molecular weight excluding hydrogens is 272 g/mol. The maximum Gasteiger partial charge on any atom is 0.366 e. The highest BCUT2D eigenvalue weighted by Gasteiger charge is 2.23. The van der Waals surface area contributed by atoms with Gasteiger partial charge in [0.1, 0.15) is 0 Å². The molecule has 0 spiro atoms. The van der Waals surface area contributed by atoms with Gasteiger partial charge in [0.2, 0.25) is 0 Å². The van der Waals surface area contributed by atoms with E-state index in [2.05, 4.69) is 10.5 Å². The molecule has 0 aliphatic carbocycles. The summed E-state index contributed by atoms with van der Waals surface area (Å²) in [6.07, 6.45) is 0.798. The second kappa shape index (κ2) is 8.73. The molecule has 0 aromatic heterocycles. The van der Waals surface area contributed by atoms with Crippen LogP contribution < -0.4 is 5.43 Å². The van der Waals surface area contributed by atoms with Crippen LogP contribution in [0.25, 0.3) is 0 Å². The van der Waals surface area contributed by atoms with Crippen molar-refractivity contribution in [3.63, 3.8) is 0 Å². The summed E-state index contributed by atoms with van der Waals surface area (Å²) in [4.78, 5) is 23.5. The van der Waals surface area contributed by atoms with Crippen molar-refractivity contribution < 1.29 is 19.1 Å². The Morgan fingerprint density at radius 1 is 1.05 bits per heavy atom. The van der Waals surface area contributed by atoms with Crippen LogP contribution in [0.2, 0.25) is 0 Å². The van der Waals surface area contributed by atoms with Crippen molar-refractivity contribution in [2.24, 2.45) is 5.10 Å². The van der Waals surface area contributed by atoms with Crippen LogP contribution in [0, 0.1) is 0 Å². The number of rotatable bonds is 7. The van der Waals surface area contributed by atoms with Crippen LogP contribution in [0.5, 0.6) is 0 Å². The van der Waals surface area contributed by atoms with E-state index in [4.69, 9.17) is 9.47 Å². The molecular formula is C15H20N2O4. The first-order valence-electron chi connectivity index (χ1n) is 6.89. The molecule has 0 amide bonds. The van der Waals surface area contributed by atoms with Gasteiger partial charge in [0.25, 0.3) is 5.71 Å². The van der Waals surface area contributed by atoms with Gasteiger partial charge in [0.05, 0.1) is 18.9 Å². The van der Waals surface area contributed by atoms with Gasteiger partial charge in [-0.1, -0.05) is 25.1 Å². The molecule has 0 atom stereocenters. The number of para-hydroxylation sites is 1. The number of ether oxygens (including phenoxy) is 2. The van der Waals surface area contributed by atoms with Crippen LogP contribution in [0.1, 0.15) is 26.3 Å². The zero-order valence-electron chi connectivity index (χ0n) is 12.5. The smallest absolute Gasteiger partial charge is 0.366 e. The van der Waals surface area contributed by atoms with Crippen molar-refractivity contribution in [2.75, 3.05) is 18.6 Å². The van der Waals surface area contributed by atoms with E-state index in [1.165, 1.54) is 0 Å². The number of hydrazone groups is 1. The lowest BCUT2D eigenvalue weighted by Crippen LogP contribution is -2.29. The molecule has 0 radical (unpaired) electrons. The Morgan fingerprint density at radius 3 is 2.14 bits per heavy atom. The Bertz CT molecular complexity index is 506. The summed E-state index contributed by atoms with van der Waals surface area (Å²) in [7, 11) is 0. The third kappa shape index (κ3) is 4.91. The fraction of sp³-hybridized carbons (Fsp3) is 0.400. The first-order chi connectivity index (χ1) is 10.1. The van der Waals surface area contributed by atoms with Crippen LogP contribution in [-0.2, 0) is 25.5 Å². The number of carbonyl (C=O) groups excluding carboxylic acids is 2. The van der Waals surface area contributed by atoms with Gasteiger partial charge in [-0.15, -0.1) is 0 Å². The molecule has 0 bridgehead atoms. The van der Waals surface area contributed by atoms with Crippen molar-refractivity contribution >= 4 is 23.3 Å². The van der Waals surface area contributed by atoms with Gasteiger partial charge >= 0.3 is 11.9 Å². The molecule has 0 saturated heterocycles. The summed E-state index contributed by atoms with van der Waals surface area (Å²) in [5, 5.41) is 3.86. The Hall–Kier alpha value is -2.37. The molecule has 0 heterocycles. The largest absolute Gasteiger partial charge is 0.461 e. The molecule has 1 rings (SSSR count). The second-order valence-electron chi connectivity index (χ2n) is 4.02. The normalized spacial score (nSPS) is 9.67. The minimum Gasteiger partial charge on any atom is -0.461 e. The van der Waals surface area contributed by atoms with Crippen LogP contribution in [0.3, 0.4) is 0 Å². The molecule has 21 heavy (non-hydrogen) atoms. The molecule has 1 aromatic carbocycles. The van der Waals surface area contributed by atoms with Crippen LogP contribution in [0.4, 0.5) is 5.69 Å². The number of hydrogen-bond acceptors (Lipinski definition) is 6. The molecule has 0 aliphatic heterocycles. The molecule has 1 N–H and O–H groups in total. The monoisotopic (exact) mass is 292 g/mol. The number of hydrogen-bond donors (Lipinski definition) is 1. The van der Waals surface area contributed by atoms with Gasteiger partial charge in [-0.25, -0.2) is 9.59 Å². The van der Waals surface area contributed by atoms with Crippen LogP contribution in [0.15, 0.2) is 29.4 Å². The molecule has 0 aliphatic rings. The first kappa shape index (κ1) is 16.7. The highest BCUT2D eigenvalue weighted by Crippen LogP contribution is 2.15. The summed E-state index contributed by atoms with van der Waals surface area (Å²) in [6.45, 7) is 5.62. The molecule has 6 heteroatoms. The van der Waals surface area contributed by atoms with E-state index < -0.39 is 17.7 Å². The van der Waals surface area contributed by atoms with Crippen LogP contribution in [-0.4, -0.2) is 30.9 Å². The number of carbonyl (C=O) groups is 2. The maximum absolute atomic E-state index is 11.7. The summed E-state index contributed by atoms with van der Waals surface area (Å²) in [5.74, 6) is -1.62. The zero-order valence-corrected chi connectivity index (χ0v) is 12.5. The quantitative estimate of drug-likeness (QED) is 0.360. The molecule has 6 nitrogen and oxygen atoms in total. The SMILES string of the molecule is CCOC(=O)C(=NNc1ccccc1CC)C(=O)OCC. The predicted molar refractivity (Wildman–Crippen MR) is 80.1 cm³/mol. The number of esters is 2. The Morgan fingerprint density at radius 2 is 1.62 bits per heavy atom. The van der Waals surface area contributed by atoms with Crippen molar-refractivity contribution in [3.8, 4) is 0 Å². The minimum atomic E-state index is -0.808. The molecule has 114 valence electrons. The predicted octanol–water partition coefficient (Wildman–Crippen LogP) is 2.14. The van der Waals surface area contributed by atoms with E-state index in [0.29, 0.717) is 0 Å². The van der Waals surface area contributed by atoms with Gasteiger partial charge in [-0.05, 0) is 31.9 Å². The first-order valence-corrected chi connectivity index (χ1v) is 6.89.